The Bertz CT molecular complexity index is 592. The summed E-state index contributed by atoms with van der Waals surface area (Å²) in [4.78, 5) is 4.64. The summed E-state index contributed by atoms with van der Waals surface area (Å²) in [6.07, 6.45) is 2.49. The van der Waals surface area contributed by atoms with Gasteiger partial charge in [0.2, 0.25) is 11.9 Å². The number of aryl methyl sites for hydroxylation is 1. The number of hydrogen-bond donors (Lipinski definition) is 1. The quantitative estimate of drug-likeness (QED) is 0.670. The standard InChI is InChI=1S/C14H16FN4S/c15-12-4-1-10(2-5-12)3-6-13-17-14-11(7-8-16)9-20-19(14)18-13/h1-2,4-5,9,14H,3,6-8,16H2/q+1. The second-order valence-electron chi connectivity index (χ2n) is 4.78. The number of nitrogens with zero attached hydrogens (tertiary/aromatic N) is 3. The number of rotatable bonds is 5. The third kappa shape index (κ3) is 2.81. The molecule has 1 aromatic rings. The molecule has 0 radical (unpaired) electrons. The number of halogens is 1. The molecule has 2 N–H and O–H groups in total. The van der Waals surface area contributed by atoms with Crippen molar-refractivity contribution < 1.29 is 8.49 Å². The Balaban J connectivity index is 1.61. The van der Waals surface area contributed by atoms with E-state index in [9.17, 15) is 4.39 Å². The van der Waals surface area contributed by atoms with Gasteiger partial charge in [0.25, 0.3) is 0 Å². The van der Waals surface area contributed by atoms with E-state index in [2.05, 4.69) is 15.5 Å². The minimum absolute atomic E-state index is 0.0340. The number of fused-ring (bicyclic) bond motifs is 1. The Kier molecular flexibility index (Phi) is 3.93. The van der Waals surface area contributed by atoms with E-state index in [1.807, 2.05) is 4.10 Å². The van der Waals surface area contributed by atoms with E-state index < -0.39 is 0 Å². The minimum atomic E-state index is -0.203. The highest BCUT2D eigenvalue weighted by Crippen LogP contribution is 2.33. The molecule has 104 valence electrons. The molecule has 1 atom stereocenters. The average Bonchev–Trinajstić information content (AvgIpc) is 3.00. The second kappa shape index (κ2) is 5.85. The minimum Gasteiger partial charge on any atom is -0.330 e. The summed E-state index contributed by atoms with van der Waals surface area (Å²) in [5.74, 6) is 0.652. The molecule has 0 spiro atoms. The van der Waals surface area contributed by atoms with Crippen molar-refractivity contribution in [3.8, 4) is 0 Å². The molecule has 0 saturated carbocycles. The number of hydrogen-bond acceptors (Lipinski definition) is 4. The van der Waals surface area contributed by atoms with Gasteiger partial charge < -0.3 is 5.73 Å². The summed E-state index contributed by atoms with van der Waals surface area (Å²) in [6, 6.07) is 6.58. The molecule has 0 saturated heterocycles. The van der Waals surface area contributed by atoms with Gasteiger partial charge in [0.15, 0.2) is 5.84 Å². The smallest absolute Gasteiger partial charge is 0.310 e. The number of benzene rings is 1. The zero-order valence-corrected chi connectivity index (χ0v) is 11.8. The van der Waals surface area contributed by atoms with Crippen molar-refractivity contribution in [2.24, 2.45) is 15.8 Å². The molecule has 0 amide bonds. The maximum absolute atomic E-state index is 12.8. The maximum Gasteiger partial charge on any atom is 0.310 e. The van der Waals surface area contributed by atoms with Crippen molar-refractivity contribution in [3.63, 3.8) is 0 Å². The fourth-order valence-electron chi connectivity index (χ4n) is 2.25. The number of aliphatic imine (C=N–C) groups is 1. The molecular formula is C14H16FN4S+. The monoisotopic (exact) mass is 291 g/mol. The molecular weight excluding hydrogens is 275 g/mol. The molecule has 0 fully saturated rings. The van der Waals surface area contributed by atoms with Gasteiger partial charge in [-0.2, -0.15) is 4.99 Å². The Morgan fingerprint density at radius 1 is 1.20 bits per heavy atom. The van der Waals surface area contributed by atoms with Gasteiger partial charge in [0.05, 0.1) is 5.41 Å². The van der Waals surface area contributed by atoms with E-state index in [-0.39, 0.29) is 12.0 Å². The summed E-state index contributed by atoms with van der Waals surface area (Å²) in [5, 5.41) is 6.58. The molecule has 2 aliphatic rings. The van der Waals surface area contributed by atoms with Crippen LogP contribution < -0.4 is 5.73 Å². The van der Waals surface area contributed by atoms with Crippen LogP contribution in [0.2, 0.25) is 0 Å². The Hall–Kier alpha value is -1.53. The van der Waals surface area contributed by atoms with E-state index in [0.29, 0.717) is 6.54 Å². The first-order chi connectivity index (χ1) is 9.76. The molecule has 2 aliphatic heterocycles. The predicted octanol–water partition coefficient (Wildman–Crippen LogP) is 2.86. The zero-order chi connectivity index (χ0) is 13.9. The molecule has 6 heteroatoms. The van der Waals surface area contributed by atoms with Gasteiger partial charge in [-0.1, -0.05) is 12.1 Å². The molecule has 4 nitrogen and oxygen atoms in total. The lowest BCUT2D eigenvalue weighted by Crippen LogP contribution is -2.13. The van der Waals surface area contributed by atoms with Crippen LogP contribution in [0, 0.1) is 5.82 Å². The van der Waals surface area contributed by atoms with Crippen LogP contribution in [0.15, 0.2) is 45.4 Å². The van der Waals surface area contributed by atoms with Gasteiger partial charge in [-0.05, 0) is 41.2 Å². The average molecular weight is 291 g/mol. The SMILES string of the molecule is NCCC1=CS[N+]2=NC(CCc3ccc(F)cc3)=NC12. The highest BCUT2D eigenvalue weighted by Gasteiger charge is 2.39. The molecule has 2 heterocycles. The number of azo groups is 1. The summed E-state index contributed by atoms with van der Waals surface area (Å²) >= 11 is 1.57. The van der Waals surface area contributed by atoms with Crippen LogP contribution >= 0.6 is 11.9 Å². The van der Waals surface area contributed by atoms with Crippen molar-refractivity contribution in [2.45, 2.75) is 25.4 Å². The van der Waals surface area contributed by atoms with Crippen LogP contribution in [0.3, 0.4) is 0 Å². The van der Waals surface area contributed by atoms with E-state index >= 15 is 0 Å². The molecule has 1 unspecified atom stereocenters. The van der Waals surface area contributed by atoms with Gasteiger partial charge >= 0.3 is 6.17 Å². The summed E-state index contributed by atoms with van der Waals surface area (Å²) in [5.41, 5.74) is 7.93. The first-order valence-electron chi connectivity index (χ1n) is 6.64. The molecule has 0 aromatic heterocycles. The molecule has 1 aromatic carbocycles. The molecule has 0 bridgehead atoms. The van der Waals surface area contributed by atoms with Crippen molar-refractivity contribution in [2.75, 3.05) is 6.54 Å². The third-order valence-electron chi connectivity index (χ3n) is 3.32. The van der Waals surface area contributed by atoms with Crippen LogP contribution in [-0.4, -0.2) is 22.6 Å². The largest absolute Gasteiger partial charge is 0.330 e. The Morgan fingerprint density at radius 2 is 2.00 bits per heavy atom. The molecule has 0 aliphatic carbocycles. The summed E-state index contributed by atoms with van der Waals surface area (Å²) < 4.78 is 14.8. The topological polar surface area (TPSA) is 53.8 Å². The van der Waals surface area contributed by atoms with Gasteiger partial charge in [-0.25, -0.2) is 4.39 Å². The Morgan fingerprint density at radius 3 is 2.75 bits per heavy atom. The molecule has 3 rings (SSSR count). The van der Waals surface area contributed by atoms with Crippen molar-refractivity contribution >= 4 is 17.8 Å². The zero-order valence-electron chi connectivity index (χ0n) is 11.0. The summed E-state index contributed by atoms with van der Waals surface area (Å²) in [6.45, 7) is 0.636. The van der Waals surface area contributed by atoms with Gasteiger partial charge in [-0.3, -0.25) is 0 Å². The van der Waals surface area contributed by atoms with Crippen LogP contribution in [0.5, 0.6) is 0 Å². The number of nitrogens with two attached hydrogens (primary N) is 1. The van der Waals surface area contributed by atoms with Crippen LogP contribution in [-0.2, 0) is 6.42 Å². The highest BCUT2D eigenvalue weighted by atomic mass is 32.2. The van der Waals surface area contributed by atoms with E-state index in [1.54, 1.807) is 24.1 Å². The maximum atomic E-state index is 12.8. The fourth-order valence-corrected chi connectivity index (χ4v) is 3.17. The fraction of sp³-hybridized carbons (Fsp3) is 0.357. The third-order valence-corrected chi connectivity index (χ3v) is 4.23. The van der Waals surface area contributed by atoms with E-state index in [1.165, 1.54) is 17.7 Å². The first-order valence-corrected chi connectivity index (χ1v) is 7.48. The van der Waals surface area contributed by atoms with Gasteiger partial charge in [0.1, 0.15) is 5.82 Å². The number of amidine groups is 1. The van der Waals surface area contributed by atoms with E-state index in [0.717, 1.165) is 30.7 Å². The lowest BCUT2D eigenvalue weighted by atomic mass is 10.1. The van der Waals surface area contributed by atoms with Gasteiger partial charge in [0, 0.05) is 17.1 Å². The van der Waals surface area contributed by atoms with Crippen molar-refractivity contribution in [1.82, 2.24) is 0 Å². The lowest BCUT2D eigenvalue weighted by Gasteiger charge is -1.99. The summed E-state index contributed by atoms with van der Waals surface area (Å²) in [7, 11) is 0. The first kappa shape index (κ1) is 13.5. The lowest BCUT2D eigenvalue weighted by molar-refractivity contribution is -0.437. The second-order valence-corrected chi connectivity index (χ2v) is 5.61. The van der Waals surface area contributed by atoms with Crippen LogP contribution in [0.1, 0.15) is 18.4 Å². The highest BCUT2D eigenvalue weighted by molar-refractivity contribution is 7.96. The Labute approximate surface area is 121 Å². The van der Waals surface area contributed by atoms with Crippen molar-refractivity contribution in [1.29, 1.82) is 0 Å². The molecule has 20 heavy (non-hydrogen) atoms. The van der Waals surface area contributed by atoms with Crippen LogP contribution in [0.4, 0.5) is 4.39 Å². The normalized spacial score (nSPS) is 20.5. The van der Waals surface area contributed by atoms with Gasteiger partial charge in [-0.15, -0.1) is 0 Å². The van der Waals surface area contributed by atoms with Crippen LogP contribution in [0.25, 0.3) is 0 Å². The van der Waals surface area contributed by atoms with E-state index in [4.69, 9.17) is 5.73 Å². The van der Waals surface area contributed by atoms with Crippen molar-refractivity contribution in [3.05, 3.63) is 46.6 Å². The predicted molar refractivity (Wildman–Crippen MR) is 78.0 cm³/mol.